The zero-order valence-corrected chi connectivity index (χ0v) is 11.3. The molecule has 0 saturated carbocycles. The quantitative estimate of drug-likeness (QED) is 0.718. The van der Waals surface area contributed by atoms with Crippen molar-refractivity contribution in [1.29, 1.82) is 0 Å². The van der Waals surface area contributed by atoms with Crippen molar-refractivity contribution >= 4 is 17.6 Å². The van der Waals surface area contributed by atoms with Crippen LogP contribution in [-0.2, 0) is 9.53 Å². The highest BCUT2D eigenvalue weighted by atomic mass is 19.3. The predicted octanol–water partition coefficient (Wildman–Crippen LogP) is 2.00. The first-order valence-electron chi connectivity index (χ1n) is 6.01. The van der Waals surface area contributed by atoms with Gasteiger partial charge in [-0.15, -0.1) is 0 Å². The number of anilines is 1. The summed E-state index contributed by atoms with van der Waals surface area (Å²) in [6, 6.07) is 4.11. The first-order valence-corrected chi connectivity index (χ1v) is 6.01. The van der Waals surface area contributed by atoms with E-state index in [-0.39, 0.29) is 24.3 Å². The Morgan fingerprint density at radius 3 is 2.67 bits per heavy atom. The molecule has 0 unspecified atom stereocenters. The highest BCUT2D eigenvalue weighted by Crippen LogP contribution is 2.22. The number of amides is 1. The second-order valence-electron chi connectivity index (χ2n) is 3.98. The van der Waals surface area contributed by atoms with Crippen molar-refractivity contribution in [3.63, 3.8) is 0 Å². The molecule has 0 aliphatic heterocycles. The number of hydrogen-bond acceptors (Lipinski definition) is 4. The largest absolute Gasteiger partial charge is 0.497 e. The lowest BCUT2D eigenvalue weighted by atomic mass is 10.1. The zero-order valence-electron chi connectivity index (χ0n) is 11.3. The summed E-state index contributed by atoms with van der Waals surface area (Å²) in [6.45, 7) is -0.921. The van der Waals surface area contributed by atoms with E-state index >= 15 is 0 Å². The Labute approximate surface area is 119 Å². The monoisotopic (exact) mass is 303 g/mol. The molecule has 0 aliphatic rings. The molecular weight excluding hydrogens is 288 g/mol. The van der Waals surface area contributed by atoms with Gasteiger partial charge in [0.1, 0.15) is 12.4 Å². The number of methoxy groups -OCH3 is 1. The minimum absolute atomic E-state index is 0.0701. The molecule has 0 saturated heterocycles. The average Bonchev–Trinajstić information content (AvgIpc) is 2.43. The fraction of sp³-hybridized carbons (Fsp3) is 0.385. The summed E-state index contributed by atoms with van der Waals surface area (Å²) in [5.41, 5.74) is -0.0293. The van der Waals surface area contributed by atoms with Crippen LogP contribution in [-0.4, -0.2) is 43.7 Å². The Hall–Kier alpha value is -2.22. The lowest BCUT2D eigenvalue weighted by Gasteiger charge is -2.10. The number of carbonyl (C=O) groups excluding carboxylic acids is 1. The van der Waals surface area contributed by atoms with Crippen LogP contribution in [0.3, 0.4) is 0 Å². The van der Waals surface area contributed by atoms with Crippen LogP contribution in [0.1, 0.15) is 16.8 Å². The van der Waals surface area contributed by atoms with Gasteiger partial charge in [-0.2, -0.15) is 0 Å². The van der Waals surface area contributed by atoms with Crippen LogP contribution in [0.2, 0.25) is 0 Å². The molecular formula is C13H15F2NO5. The fourth-order valence-corrected chi connectivity index (χ4v) is 1.49. The van der Waals surface area contributed by atoms with Gasteiger partial charge in [0.2, 0.25) is 5.91 Å². The number of hydrogen-bond donors (Lipinski definition) is 2. The van der Waals surface area contributed by atoms with E-state index < -0.39 is 24.9 Å². The van der Waals surface area contributed by atoms with Crippen LogP contribution in [0.5, 0.6) is 5.75 Å². The van der Waals surface area contributed by atoms with Gasteiger partial charge in [-0.1, -0.05) is 0 Å². The number of benzene rings is 1. The molecule has 1 aromatic carbocycles. The summed E-state index contributed by atoms with van der Waals surface area (Å²) in [6.07, 6.45) is -2.76. The minimum Gasteiger partial charge on any atom is -0.497 e. The summed E-state index contributed by atoms with van der Waals surface area (Å²) in [5, 5.41) is 11.4. The lowest BCUT2D eigenvalue weighted by Crippen LogP contribution is -2.17. The van der Waals surface area contributed by atoms with E-state index in [4.69, 9.17) is 9.84 Å². The summed E-state index contributed by atoms with van der Waals surface area (Å²) >= 11 is 0. The molecule has 0 aromatic heterocycles. The van der Waals surface area contributed by atoms with Crippen molar-refractivity contribution in [2.45, 2.75) is 12.8 Å². The second kappa shape index (κ2) is 8.15. The Morgan fingerprint density at radius 2 is 2.10 bits per heavy atom. The summed E-state index contributed by atoms with van der Waals surface area (Å²) in [7, 11) is 1.40. The maximum Gasteiger partial charge on any atom is 0.337 e. The third-order valence-corrected chi connectivity index (χ3v) is 2.45. The highest BCUT2D eigenvalue weighted by Gasteiger charge is 2.14. The molecule has 2 N–H and O–H groups in total. The number of alkyl halides is 2. The highest BCUT2D eigenvalue weighted by molar-refractivity contribution is 6.00. The SMILES string of the molecule is COc1ccc(C(=O)O)c(NC(=O)CCOCC(F)F)c1. The number of nitrogens with one attached hydrogen (secondary N) is 1. The standard InChI is InChI=1S/C13H15F2NO5/c1-20-8-2-3-9(13(18)19)10(6-8)16-12(17)4-5-21-7-11(14)15/h2-3,6,11H,4-5,7H2,1H3,(H,16,17)(H,18,19). The van der Waals surface area contributed by atoms with Gasteiger partial charge in [-0.3, -0.25) is 4.79 Å². The van der Waals surface area contributed by atoms with Crippen LogP contribution in [0, 0.1) is 0 Å². The van der Waals surface area contributed by atoms with Crippen LogP contribution >= 0.6 is 0 Å². The van der Waals surface area contributed by atoms with Gasteiger partial charge in [-0.05, 0) is 12.1 Å². The molecule has 1 aromatic rings. The van der Waals surface area contributed by atoms with Crippen molar-refractivity contribution in [3.8, 4) is 5.75 Å². The third kappa shape index (κ3) is 5.74. The molecule has 1 rings (SSSR count). The first-order chi connectivity index (χ1) is 9.93. The smallest absolute Gasteiger partial charge is 0.337 e. The second-order valence-corrected chi connectivity index (χ2v) is 3.98. The number of carboxylic acids is 1. The van der Waals surface area contributed by atoms with E-state index in [9.17, 15) is 18.4 Å². The van der Waals surface area contributed by atoms with Gasteiger partial charge in [0.25, 0.3) is 6.43 Å². The molecule has 116 valence electrons. The molecule has 0 fully saturated rings. The van der Waals surface area contributed by atoms with E-state index in [1.807, 2.05) is 0 Å². The molecule has 0 atom stereocenters. The van der Waals surface area contributed by atoms with Gasteiger partial charge in [0, 0.05) is 6.07 Å². The first kappa shape index (κ1) is 16.8. The maximum absolute atomic E-state index is 11.8. The molecule has 0 spiro atoms. The fourth-order valence-electron chi connectivity index (χ4n) is 1.49. The Bertz CT molecular complexity index is 507. The molecule has 8 heteroatoms. The van der Waals surface area contributed by atoms with Crippen LogP contribution in [0.15, 0.2) is 18.2 Å². The van der Waals surface area contributed by atoms with E-state index in [1.54, 1.807) is 0 Å². The van der Waals surface area contributed by atoms with Crippen LogP contribution < -0.4 is 10.1 Å². The van der Waals surface area contributed by atoms with Crippen molar-refractivity contribution in [1.82, 2.24) is 0 Å². The summed E-state index contributed by atoms with van der Waals surface area (Å²) in [5.74, 6) is -1.37. The molecule has 0 radical (unpaired) electrons. The normalized spacial score (nSPS) is 10.5. The number of carbonyl (C=O) groups is 2. The number of halogens is 2. The minimum atomic E-state index is -2.59. The Kier molecular flexibility index (Phi) is 6.54. The number of carboxylic acid groups (broad SMARTS) is 1. The van der Waals surface area contributed by atoms with Gasteiger partial charge < -0.3 is 19.9 Å². The molecule has 1 amide bonds. The van der Waals surface area contributed by atoms with Crippen molar-refractivity contribution in [2.24, 2.45) is 0 Å². The predicted molar refractivity (Wildman–Crippen MR) is 70.0 cm³/mol. The van der Waals surface area contributed by atoms with Crippen LogP contribution in [0.4, 0.5) is 14.5 Å². The van der Waals surface area contributed by atoms with Gasteiger partial charge in [0.15, 0.2) is 0 Å². The Morgan fingerprint density at radius 1 is 1.38 bits per heavy atom. The van der Waals surface area contributed by atoms with Crippen molar-refractivity contribution in [3.05, 3.63) is 23.8 Å². The molecule has 21 heavy (non-hydrogen) atoms. The molecule has 6 nitrogen and oxygen atoms in total. The van der Waals surface area contributed by atoms with Crippen molar-refractivity contribution in [2.75, 3.05) is 25.6 Å². The third-order valence-electron chi connectivity index (χ3n) is 2.45. The van der Waals surface area contributed by atoms with E-state index in [1.165, 1.54) is 25.3 Å². The summed E-state index contributed by atoms with van der Waals surface area (Å²) in [4.78, 5) is 22.7. The number of ether oxygens (including phenoxy) is 2. The van der Waals surface area contributed by atoms with Gasteiger partial charge in [-0.25, -0.2) is 13.6 Å². The molecule has 0 aliphatic carbocycles. The number of aromatic carboxylic acids is 1. The Balaban J connectivity index is 2.63. The maximum atomic E-state index is 11.8. The zero-order chi connectivity index (χ0) is 15.8. The topological polar surface area (TPSA) is 84.9 Å². The van der Waals surface area contributed by atoms with Gasteiger partial charge in [0.05, 0.1) is 31.4 Å². The van der Waals surface area contributed by atoms with Gasteiger partial charge >= 0.3 is 5.97 Å². The van der Waals surface area contributed by atoms with E-state index in [2.05, 4.69) is 10.1 Å². The van der Waals surface area contributed by atoms with E-state index in [0.29, 0.717) is 5.75 Å². The lowest BCUT2D eigenvalue weighted by molar-refractivity contribution is -0.117. The van der Waals surface area contributed by atoms with Crippen molar-refractivity contribution < 1.29 is 33.0 Å². The molecule has 0 bridgehead atoms. The van der Waals surface area contributed by atoms with Crippen LogP contribution in [0.25, 0.3) is 0 Å². The molecule has 0 heterocycles. The van der Waals surface area contributed by atoms with E-state index in [0.717, 1.165) is 0 Å². The average molecular weight is 303 g/mol. The summed E-state index contributed by atoms with van der Waals surface area (Å²) < 4.78 is 33.2. The number of rotatable bonds is 8.